The summed E-state index contributed by atoms with van der Waals surface area (Å²) in [5.41, 5.74) is 0.612. The lowest BCUT2D eigenvalue weighted by atomic mass is 10.0. The Morgan fingerprint density at radius 3 is 2.56 bits per heavy atom. The van der Waals surface area contributed by atoms with Gasteiger partial charge < -0.3 is 0 Å². The van der Waals surface area contributed by atoms with Gasteiger partial charge >= 0.3 is 0 Å². The zero-order chi connectivity index (χ0) is 13.1. The highest BCUT2D eigenvalue weighted by molar-refractivity contribution is 14.1. The van der Waals surface area contributed by atoms with E-state index >= 15 is 0 Å². The highest BCUT2D eigenvalue weighted by atomic mass is 127. The maximum atomic E-state index is 13.4. The Labute approximate surface area is 117 Å². The van der Waals surface area contributed by atoms with Crippen molar-refractivity contribution >= 4 is 28.4 Å². The normalized spacial score (nSPS) is 10.4. The van der Waals surface area contributed by atoms with Gasteiger partial charge in [0.1, 0.15) is 11.6 Å². The molecule has 0 N–H and O–H groups in total. The fourth-order valence-corrected chi connectivity index (χ4v) is 2.32. The van der Waals surface area contributed by atoms with Crippen LogP contribution in [0.1, 0.15) is 15.9 Å². The van der Waals surface area contributed by atoms with Gasteiger partial charge in [-0.1, -0.05) is 18.2 Å². The molecule has 0 bridgehead atoms. The van der Waals surface area contributed by atoms with E-state index in [1.165, 1.54) is 0 Å². The first-order valence-electron chi connectivity index (χ1n) is 5.29. The maximum absolute atomic E-state index is 13.4. The monoisotopic (exact) mass is 358 g/mol. The van der Waals surface area contributed by atoms with Crippen LogP contribution in [-0.2, 0) is 6.42 Å². The molecule has 2 aromatic carbocycles. The second-order valence-electron chi connectivity index (χ2n) is 3.82. The minimum Gasteiger partial charge on any atom is -0.294 e. The molecule has 0 amide bonds. The van der Waals surface area contributed by atoms with E-state index in [0.29, 0.717) is 5.56 Å². The third-order valence-electron chi connectivity index (χ3n) is 2.53. The van der Waals surface area contributed by atoms with Gasteiger partial charge in [0.25, 0.3) is 0 Å². The predicted octanol–water partition coefficient (Wildman–Crippen LogP) is 3.99. The van der Waals surface area contributed by atoms with Crippen LogP contribution in [0.5, 0.6) is 0 Å². The van der Waals surface area contributed by atoms with Crippen molar-refractivity contribution in [3.63, 3.8) is 0 Å². The molecule has 0 atom stereocenters. The van der Waals surface area contributed by atoms with Gasteiger partial charge in [-0.05, 0) is 52.4 Å². The zero-order valence-corrected chi connectivity index (χ0v) is 11.4. The number of carbonyl (C=O) groups is 1. The van der Waals surface area contributed by atoms with Crippen molar-refractivity contribution in [3.8, 4) is 0 Å². The lowest BCUT2D eigenvalue weighted by molar-refractivity contribution is 0.0991. The van der Waals surface area contributed by atoms with Crippen LogP contribution >= 0.6 is 22.6 Å². The molecule has 0 heterocycles. The summed E-state index contributed by atoms with van der Waals surface area (Å²) in [5, 5.41) is 0. The van der Waals surface area contributed by atoms with Crippen LogP contribution in [0.2, 0.25) is 0 Å². The van der Waals surface area contributed by atoms with Crippen molar-refractivity contribution in [2.75, 3.05) is 0 Å². The van der Waals surface area contributed by atoms with Crippen LogP contribution in [0.3, 0.4) is 0 Å². The smallest absolute Gasteiger partial charge is 0.168 e. The quantitative estimate of drug-likeness (QED) is 0.599. The van der Waals surface area contributed by atoms with E-state index in [-0.39, 0.29) is 17.8 Å². The highest BCUT2D eigenvalue weighted by Gasteiger charge is 2.13. The van der Waals surface area contributed by atoms with Crippen molar-refractivity contribution in [2.24, 2.45) is 0 Å². The molecule has 4 heteroatoms. The second kappa shape index (κ2) is 5.56. The van der Waals surface area contributed by atoms with E-state index < -0.39 is 11.6 Å². The molecular weight excluding hydrogens is 349 g/mol. The molecule has 2 rings (SSSR count). The summed E-state index contributed by atoms with van der Waals surface area (Å²) in [4.78, 5) is 12.0. The summed E-state index contributed by atoms with van der Waals surface area (Å²) in [5.74, 6) is -1.32. The Morgan fingerprint density at radius 1 is 1.11 bits per heavy atom. The van der Waals surface area contributed by atoms with Crippen LogP contribution in [0.4, 0.5) is 8.78 Å². The van der Waals surface area contributed by atoms with Gasteiger partial charge in [-0.25, -0.2) is 8.78 Å². The van der Waals surface area contributed by atoms with Crippen molar-refractivity contribution in [1.82, 2.24) is 0 Å². The van der Waals surface area contributed by atoms with Gasteiger partial charge in [-0.2, -0.15) is 0 Å². The first-order valence-corrected chi connectivity index (χ1v) is 6.37. The summed E-state index contributed by atoms with van der Waals surface area (Å²) in [6.07, 6.45) is -0.135. The van der Waals surface area contributed by atoms with Crippen molar-refractivity contribution in [2.45, 2.75) is 6.42 Å². The first kappa shape index (κ1) is 13.1. The molecule has 0 saturated carbocycles. The molecular formula is C14H9F2IO. The van der Waals surface area contributed by atoms with Crippen LogP contribution in [0.15, 0.2) is 42.5 Å². The molecule has 0 spiro atoms. The van der Waals surface area contributed by atoms with Gasteiger partial charge in [-0.3, -0.25) is 4.79 Å². The highest BCUT2D eigenvalue weighted by Crippen LogP contribution is 2.17. The van der Waals surface area contributed by atoms with Crippen LogP contribution in [0, 0.1) is 15.2 Å². The number of hydrogen-bond acceptors (Lipinski definition) is 1. The van der Waals surface area contributed by atoms with Gasteiger partial charge in [0.05, 0.1) is 0 Å². The lowest BCUT2D eigenvalue weighted by Gasteiger charge is -2.05. The summed E-state index contributed by atoms with van der Waals surface area (Å²) in [6.45, 7) is 0. The fraction of sp³-hybridized carbons (Fsp3) is 0.0714. The van der Waals surface area contributed by atoms with Gasteiger partial charge in [-0.15, -0.1) is 0 Å². The number of hydrogen-bond donors (Lipinski definition) is 0. The molecule has 0 aliphatic heterocycles. The number of rotatable bonds is 3. The largest absolute Gasteiger partial charge is 0.294 e. The predicted molar refractivity (Wildman–Crippen MR) is 73.6 cm³/mol. The molecule has 0 radical (unpaired) electrons. The molecule has 0 unspecified atom stereocenters. The molecule has 2 aromatic rings. The Balaban J connectivity index is 2.27. The minimum atomic E-state index is -0.560. The van der Waals surface area contributed by atoms with E-state index in [2.05, 4.69) is 0 Å². The summed E-state index contributed by atoms with van der Waals surface area (Å²) in [6, 6.07) is 10.2. The lowest BCUT2D eigenvalue weighted by Crippen LogP contribution is -2.07. The van der Waals surface area contributed by atoms with Gasteiger partial charge in [0.2, 0.25) is 0 Å². The maximum Gasteiger partial charge on any atom is 0.168 e. The molecule has 0 aromatic heterocycles. The Hall–Kier alpha value is -1.30. The number of halogens is 3. The van der Waals surface area contributed by atoms with Crippen LogP contribution < -0.4 is 0 Å². The van der Waals surface area contributed by atoms with Crippen molar-refractivity contribution < 1.29 is 13.6 Å². The average Bonchev–Trinajstić information content (AvgIpc) is 2.34. The number of benzene rings is 2. The minimum absolute atomic E-state index is 0.0830. The van der Waals surface area contributed by atoms with Gasteiger partial charge in [0, 0.05) is 15.6 Å². The standard InChI is InChI=1S/C14H9F2IO/c15-10-5-6-12(16)9(7-10)8-14(18)11-3-1-2-4-13(11)17/h1-7H,8H2. The zero-order valence-electron chi connectivity index (χ0n) is 9.29. The number of Topliss-reactive ketones (excluding diaryl/α,β-unsaturated/α-hetero) is 1. The Bertz CT molecular complexity index is 596. The molecule has 0 aliphatic rings. The fourth-order valence-electron chi connectivity index (χ4n) is 1.63. The Morgan fingerprint density at radius 2 is 1.83 bits per heavy atom. The molecule has 92 valence electrons. The molecule has 18 heavy (non-hydrogen) atoms. The average molecular weight is 358 g/mol. The van der Waals surface area contributed by atoms with Crippen molar-refractivity contribution in [1.29, 1.82) is 0 Å². The Kier molecular flexibility index (Phi) is 4.06. The van der Waals surface area contributed by atoms with Crippen molar-refractivity contribution in [3.05, 3.63) is 68.8 Å². The molecule has 0 saturated heterocycles. The SMILES string of the molecule is O=C(Cc1cc(F)ccc1F)c1ccccc1I. The third kappa shape index (κ3) is 2.93. The van der Waals surface area contributed by atoms with Crippen LogP contribution in [-0.4, -0.2) is 5.78 Å². The topological polar surface area (TPSA) is 17.1 Å². The van der Waals surface area contributed by atoms with Crippen LogP contribution in [0.25, 0.3) is 0 Å². The van der Waals surface area contributed by atoms with Gasteiger partial charge in [0.15, 0.2) is 5.78 Å². The van der Waals surface area contributed by atoms with E-state index in [9.17, 15) is 13.6 Å². The number of carbonyl (C=O) groups excluding carboxylic acids is 1. The molecule has 0 aliphatic carbocycles. The summed E-state index contributed by atoms with van der Waals surface area (Å²) >= 11 is 2.05. The van der Waals surface area contributed by atoms with E-state index in [4.69, 9.17) is 0 Å². The summed E-state index contributed by atoms with van der Waals surface area (Å²) < 4.78 is 27.2. The third-order valence-corrected chi connectivity index (χ3v) is 3.47. The molecule has 1 nitrogen and oxygen atoms in total. The first-order chi connectivity index (χ1) is 8.58. The number of ketones is 1. The summed E-state index contributed by atoms with van der Waals surface area (Å²) in [7, 11) is 0. The van der Waals surface area contributed by atoms with E-state index in [1.54, 1.807) is 18.2 Å². The van der Waals surface area contributed by atoms with E-state index in [1.807, 2.05) is 28.7 Å². The molecule has 0 fully saturated rings. The second-order valence-corrected chi connectivity index (χ2v) is 4.98. The van der Waals surface area contributed by atoms with E-state index in [0.717, 1.165) is 21.8 Å².